The van der Waals surface area contributed by atoms with Crippen LogP contribution in [0.2, 0.25) is 0 Å². The third-order valence-electron chi connectivity index (χ3n) is 3.81. The molecule has 0 radical (unpaired) electrons. The number of methoxy groups -OCH3 is 1. The summed E-state index contributed by atoms with van der Waals surface area (Å²) in [6, 6.07) is 15.7. The topological polar surface area (TPSA) is 50.4 Å². The quantitative estimate of drug-likeness (QED) is 0.825. The monoisotopic (exact) mass is 326 g/mol. The lowest BCUT2D eigenvalue weighted by Crippen LogP contribution is -2.16. The van der Waals surface area contributed by atoms with E-state index < -0.39 is 0 Å². The van der Waals surface area contributed by atoms with Crippen LogP contribution in [0.5, 0.6) is 5.75 Å². The van der Waals surface area contributed by atoms with Crippen LogP contribution < -0.4 is 15.4 Å². The Morgan fingerprint density at radius 3 is 2.08 bits per heavy atom. The molecule has 4 heteroatoms. The molecular weight excluding hydrogens is 300 g/mol. The summed E-state index contributed by atoms with van der Waals surface area (Å²) in [5, 5.41) is 6.15. The van der Waals surface area contributed by atoms with Crippen molar-refractivity contribution in [2.75, 3.05) is 24.3 Å². The van der Waals surface area contributed by atoms with Crippen molar-refractivity contribution in [3.8, 4) is 5.75 Å². The second-order valence-corrected chi connectivity index (χ2v) is 6.78. The smallest absolute Gasteiger partial charge is 0.226 e. The molecule has 0 heterocycles. The zero-order valence-electron chi connectivity index (χ0n) is 14.8. The van der Waals surface area contributed by atoms with E-state index in [2.05, 4.69) is 55.7 Å². The first-order chi connectivity index (χ1) is 11.4. The first kappa shape index (κ1) is 17.9. The Hall–Kier alpha value is -2.49. The van der Waals surface area contributed by atoms with E-state index in [1.54, 1.807) is 7.11 Å². The van der Waals surface area contributed by atoms with Crippen molar-refractivity contribution in [1.29, 1.82) is 0 Å². The molecule has 0 saturated carbocycles. The summed E-state index contributed by atoms with van der Waals surface area (Å²) in [6.45, 7) is 7.17. The summed E-state index contributed by atoms with van der Waals surface area (Å²) < 4.78 is 5.09. The molecule has 4 nitrogen and oxygen atoms in total. The van der Waals surface area contributed by atoms with E-state index in [1.165, 1.54) is 5.56 Å². The van der Waals surface area contributed by atoms with Gasteiger partial charge in [-0.2, -0.15) is 0 Å². The molecule has 24 heavy (non-hydrogen) atoms. The van der Waals surface area contributed by atoms with Gasteiger partial charge in [-0.25, -0.2) is 0 Å². The van der Waals surface area contributed by atoms with E-state index in [0.29, 0.717) is 13.0 Å². The maximum Gasteiger partial charge on any atom is 0.226 e. The van der Waals surface area contributed by atoms with Crippen LogP contribution in [0.25, 0.3) is 0 Å². The lowest BCUT2D eigenvalue weighted by Gasteiger charge is -2.19. The minimum absolute atomic E-state index is 0.0148. The highest BCUT2D eigenvalue weighted by molar-refractivity contribution is 5.91. The number of benzene rings is 2. The summed E-state index contributed by atoms with van der Waals surface area (Å²) in [5.74, 6) is 0.757. The number of anilines is 2. The number of rotatable bonds is 6. The van der Waals surface area contributed by atoms with E-state index >= 15 is 0 Å². The van der Waals surface area contributed by atoms with Crippen LogP contribution >= 0.6 is 0 Å². The minimum atomic E-state index is -0.0148. The second kappa shape index (κ2) is 7.86. The van der Waals surface area contributed by atoms with Crippen molar-refractivity contribution >= 4 is 17.3 Å². The predicted molar refractivity (Wildman–Crippen MR) is 99.9 cm³/mol. The van der Waals surface area contributed by atoms with Crippen molar-refractivity contribution in [1.82, 2.24) is 0 Å². The summed E-state index contributed by atoms with van der Waals surface area (Å²) >= 11 is 0. The number of nitrogens with one attached hydrogen (secondary N) is 2. The first-order valence-corrected chi connectivity index (χ1v) is 8.17. The summed E-state index contributed by atoms with van der Waals surface area (Å²) in [6.07, 6.45) is 0.410. The van der Waals surface area contributed by atoms with E-state index in [-0.39, 0.29) is 11.3 Å². The number of carbonyl (C=O) groups excluding carboxylic acids is 1. The zero-order valence-corrected chi connectivity index (χ0v) is 14.8. The zero-order chi connectivity index (χ0) is 17.6. The molecule has 128 valence electrons. The van der Waals surface area contributed by atoms with Crippen LogP contribution in [-0.2, 0) is 10.2 Å². The van der Waals surface area contributed by atoms with Gasteiger partial charge in [0.2, 0.25) is 5.91 Å². The van der Waals surface area contributed by atoms with Crippen molar-refractivity contribution < 1.29 is 9.53 Å². The van der Waals surface area contributed by atoms with E-state index in [4.69, 9.17) is 4.74 Å². The van der Waals surface area contributed by atoms with E-state index in [0.717, 1.165) is 17.1 Å². The molecule has 2 rings (SSSR count). The van der Waals surface area contributed by atoms with Gasteiger partial charge >= 0.3 is 0 Å². The number of hydrogen-bond donors (Lipinski definition) is 2. The normalized spacial score (nSPS) is 11.0. The Labute approximate surface area is 144 Å². The molecule has 0 unspecified atom stereocenters. The van der Waals surface area contributed by atoms with Gasteiger partial charge in [0.25, 0.3) is 0 Å². The third kappa shape index (κ3) is 5.30. The molecular formula is C20H26N2O2. The lowest BCUT2D eigenvalue weighted by molar-refractivity contribution is -0.115. The fourth-order valence-electron chi connectivity index (χ4n) is 2.31. The highest BCUT2D eigenvalue weighted by atomic mass is 16.5. The maximum absolute atomic E-state index is 12.0. The summed E-state index contributed by atoms with van der Waals surface area (Å²) in [5.41, 5.74) is 3.25. The Morgan fingerprint density at radius 1 is 0.958 bits per heavy atom. The van der Waals surface area contributed by atoms with Crippen LogP contribution in [-0.4, -0.2) is 19.6 Å². The molecule has 0 atom stereocenters. The molecule has 2 N–H and O–H groups in total. The van der Waals surface area contributed by atoms with Gasteiger partial charge in [-0.05, 0) is 47.4 Å². The van der Waals surface area contributed by atoms with Gasteiger partial charge < -0.3 is 15.4 Å². The largest absolute Gasteiger partial charge is 0.497 e. The molecule has 2 aromatic rings. The standard InChI is InChI=1S/C20H26N2O2/c1-20(2,3)15-5-7-16(8-6-15)21-14-13-19(23)22-17-9-11-18(24-4)12-10-17/h5-12,21H,13-14H2,1-4H3,(H,22,23). The van der Waals surface area contributed by atoms with Crippen LogP contribution in [0.3, 0.4) is 0 Å². The number of carbonyl (C=O) groups is 1. The Balaban J connectivity index is 1.77. The molecule has 1 amide bonds. The van der Waals surface area contributed by atoms with Crippen molar-refractivity contribution in [3.63, 3.8) is 0 Å². The fourth-order valence-corrected chi connectivity index (χ4v) is 2.31. The van der Waals surface area contributed by atoms with Gasteiger partial charge in [0, 0.05) is 24.3 Å². The minimum Gasteiger partial charge on any atom is -0.497 e. The van der Waals surface area contributed by atoms with Crippen LogP contribution in [0.4, 0.5) is 11.4 Å². The summed E-state index contributed by atoms with van der Waals surface area (Å²) in [7, 11) is 1.62. The molecule has 0 aromatic heterocycles. The SMILES string of the molecule is COc1ccc(NC(=O)CCNc2ccc(C(C)(C)C)cc2)cc1. The van der Waals surface area contributed by atoms with Crippen molar-refractivity contribution in [2.45, 2.75) is 32.6 Å². The molecule has 0 aliphatic rings. The fraction of sp³-hybridized carbons (Fsp3) is 0.350. The molecule has 0 aliphatic carbocycles. The maximum atomic E-state index is 12.0. The Bertz CT molecular complexity index is 656. The first-order valence-electron chi connectivity index (χ1n) is 8.17. The van der Waals surface area contributed by atoms with E-state index in [1.807, 2.05) is 24.3 Å². The van der Waals surface area contributed by atoms with Crippen LogP contribution in [0.1, 0.15) is 32.8 Å². The molecule has 2 aromatic carbocycles. The highest BCUT2D eigenvalue weighted by Gasteiger charge is 2.12. The van der Waals surface area contributed by atoms with Gasteiger partial charge in [-0.3, -0.25) is 4.79 Å². The Morgan fingerprint density at radius 2 is 1.54 bits per heavy atom. The Kier molecular flexibility index (Phi) is 5.85. The third-order valence-corrected chi connectivity index (χ3v) is 3.81. The number of hydrogen-bond acceptors (Lipinski definition) is 3. The molecule has 0 spiro atoms. The summed E-state index contributed by atoms with van der Waals surface area (Å²) in [4.78, 5) is 12.0. The van der Waals surface area contributed by atoms with E-state index in [9.17, 15) is 4.79 Å². The van der Waals surface area contributed by atoms with Crippen molar-refractivity contribution in [2.24, 2.45) is 0 Å². The average molecular weight is 326 g/mol. The number of amides is 1. The van der Waals surface area contributed by atoms with Crippen LogP contribution in [0, 0.1) is 0 Å². The van der Waals surface area contributed by atoms with Gasteiger partial charge in [-0.1, -0.05) is 32.9 Å². The molecule has 0 saturated heterocycles. The van der Waals surface area contributed by atoms with Gasteiger partial charge in [0.1, 0.15) is 5.75 Å². The average Bonchev–Trinajstić information content (AvgIpc) is 2.55. The van der Waals surface area contributed by atoms with Crippen LogP contribution in [0.15, 0.2) is 48.5 Å². The predicted octanol–water partition coefficient (Wildman–Crippen LogP) is 4.43. The van der Waals surface area contributed by atoms with Gasteiger partial charge in [0.05, 0.1) is 7.11 Å². The second-order valence-electron chi connectivity index (χ2n) is 6.78. The van der Waals surface area contributed by atoms with Gasteiger partial charge in [0.15, 0.2) is 0 Å². The number of ether oxygens (including phenoxy) is 1. The molecule has 0 aliphatic heterocycles. The van der Waals surface area contributed by atoms with Crippen molar-refractivity contribution in [3.05, 3.63) is 54.1 Å². The molecule has 0 fully saturated rings. The molecule has 0 bridgehead atoms. The highest BCUT2D eigenvalue weighted by Crippen LogP contribution is 2.23. The van der Waals surface area contributed by atoms with Gasteiger partial charge in [-0.15, -0.1) is 0 Å². The lowest BCUT2D eigenvalue weighted by atomic mass is 9.87.